The monoisotopic (exact) mass is 510 g/mol. The highest BCUT2D eigenvalue weighted by molar-refractivity contribution is 6.20. The molecule has 0 unspecified atom stereocenters. The highest BCUT2D eigenvalue weighted by Gasteiger charge is 2.55. The van der Waals surface area contributed by atoms with Gasteiger partial charge in [0.05, 0.1) is 11.0 Å². The highest BCUT2D eigenvalue weighted by Crippen LogP contribution is 2.59. The van der Waals surface area contributed by atoms with E-state index in [-0.39, 0.29) is 46.9 Å². The molecule has 0 amide bonds. The van der Waals surface area contributed by atoms with Crippen LogP contribution in [-0.2, 0) is 22.4 Å². The summed E-state index contributed by atoms with van der Waals surface area (Å²) in [7, 11) is 0. The molecule has 38 heavy (non-hydrogen) atoms. The molecule has 5 rings (SSSR count). The van der Waals surface area contributed by atoms with Crippen LogP contribution in [0.3, 0.4) is 0 Å². The van der Waals surface area contributed by atoms with E-state index in [4.69, 9.17) is 0 Å². The van der Waals surface area contributed by atoms with Gasteiger partial charge < -0.3 is 15.3 Å². The number of carbonyl (C=O) groups is 2. The number of aliphatic hydroxyl groups is 2. The molecule has 196 valence electrons. The summed E-state index contributed by atoms with van der Waals surface area (Å²) in [4.78, 5) is 24.9. The van der Waals surface area contributed by atoms with Crippen LogP contribution in [0.1, 0.15) is 56.7 Å². The summed E-state index contributed by atoms with van der Waals surface area (Å²) in [6.07, 6.45) is 2.95. The van der Waals surface area contributed by atoms with Crippen LogP contribution in [0, 0.1) is 17.3 Å². The first-order valence-corrected chi connectivity index (χ1v) is 13.2. The number of allylic oxidation sites excluding steroid dienone is 4. The van der Waals surface area contributed by atoms with Gasteiger partial charge in [-0.15, -0.1) is 0 Å². The van der Waals surface area contributed by atoms with E-state index in [1.807, 2.05) is 6.07 Å². The van der Waals surface area contributed by atoms with E-state index in [1.165, 1.54) is 18.1 Å². The molecule has 2 aromatic rings. The normalized spacial score (nSPS) is 24.6. The van der Waals surface area contributed by atoms with Gasteiger partial charge >= 0.3 is 0 Å². The van der Waals surface area contributed by atoms with Crippen LogP contribution in [0.2, 0.25) is 0 Å². The summed E-state index contributed by atoms with van der Waals surface area (Å²) in [6, 6.07) is 11.9. The third kappa shape index (κ3) is 3.75. The average molecular weight is 511 g/mol. The number of aliphatic hydroxyl groups excluding tert-OH is 2. The Morgan fingerprint density at radius 3 is 2.37 bits per heavy atom. The second-order valence-electron chi connectivity index (χ2n) is 11.1. The van der Waals surface area contributed by atoms with Crippen LogP contribution in [0.15, 0.2) is 77.8 Å². The fourth-order valence-corrected chi connectivity index (χ4v) is 6.66. The first kappa shape index (κ1) is 25.8. The number of aromatic hydroxyl groups is 1. The second kappa shape index (κ2) is 9.16. The van der Waals surface area contributed by atoms with Gasteiger partial charge in [-0.2, -0.15) is 0 Å². The molecule has 0 saturated heterocycles. The zero-order valence-corrected chi connectivity index (χ0v) is 22.2. The number of phenolic OH excluding ortho intramolecular Hbond substituents is 1. The molecule has 3 N–H and O–H groups in total. The molecule has 0 radical (unpaired) electrons. The molecule has 0 heterocycles. The quantitative estimate of drug-likeness (QED) is 0.298. The lowest BCUT2D eigenvalue weighted by atomic mass is 9.55. The van der Waals surface area contributed by atoms with E-state index in [9.17, 15) is 24.9 Å². The number of rotatable bonds is 5. The minimum atomic E-state index is -1.26. The van der Waals surface area contributed by atoms with E-state index in [1.54, 1.807) is 13.0 Å². The zero-order chi connectivity index (χ0) is 27.5. The van der Waals surface area contributed by atoms with Crippen LogP contribution < -0.4 is 0 Å². The molecule has 0 spiro atoms. The Bertz CT molecular complexity index is 1470. The third-order valence-corrected chi connectivity index (χ3v) is 8.92. The Morgan fingerprint density at radius 2 is 1.74 bits per heavy atom. The van der Waals surface area contributed by atoms with Crippen LogP contribution in [0.5, 0.6) is 5.75 Å². The molecule has 5 nitrogen and oxygen atoms in total. The first-order chi connectivity index (χ1) is 18.0. The van der Waals surface area contributed by atoms with Gasteiger partial charge in [-0.05, 0) is 85.3 Å². The zero-order valence-electron chi connectivity index (χ0n) is 22.2. The van der Waals surface area contributed by atoms with Crippen molar-refractivity contribution in [3.8, 4) is 16.9 Å². The average Bonchev–Trinajstić information content (AvgIpc) is 2.86. The molecular weight excluding hydrogens is 476 g/mol. The number of ketones is 2. The summed E-state index contributed by atoms with van der Waals surface area (Å²) in [5.41, 5.74) is 5.55. The Hall–Kier alpha value is -3.86. The molecular formula is C33H34O5. The number of hydrogen-bond donors (Lipinski definition) is 3. The van der Waals surface area contributed by atoms with Crippen LogP contribution in [0.4, 0.5) is 0 Å². The lowest BCUT2D eigenvalue weighted by Crippen LogP contribution is -2.45. The van der Waals surface area contributed by atoms with Crippen LogP contribution >= 0.6 is 0 Å². The number of phenols is 1. The Kier molecular flexibility index (Phi) is 6.21. The topological polar surface area (TPSA) is 94.8 Å². The Morgan fingerprint density at radius 1 is 1.05 bits per heavy atom. The number of carbonyl (C=O) groups excluding carboxylic acids is 2. The highest BCUT2D eigenvalue weighted by atomic mass is 16.3. The van der Waals surface area contributed by atoms with Crippen molar-refractivity contribution in [3.05, 3.63) is 94.5 Å². The number of fused-ring (bicyclic) bond motifs is 3. The van der Waals surface area contributed by atoms with E-state index in [0.717, 1.165) is 29.5 Å². The standard InChI is InChI=1S/C33H34O5/c1-6-17(2)13-20-7-9-21(10-8-20)24-11-12-26(35)29-18(3)28-22(15-25(24)29)14-23-16-27(36)30(19(4)34)32(38)33(23,5)31(28)37/h7-12,22-23,35,37-38H,2-3,6,13-16H2,1,4-5H3/t22-,23+,33-/m0/s1. The smallest absolute Gasteiger partial charge is 0.170 e. The molecule has 3 aliphatic carbocycles. The van der Waals surface area contributed by atoms with Crippen molar-refractivity contribution >= 4 is 17.1 Å². The lowest BCUT2D eigenvalue weighted by molar-refractivity contribution is -0.124. The van der Waals surface area contributed by atoms with E-state index >= 15 is 0 Å². The summed E-state index contributed by atoms with van der Waals surface area (Å²) < 4.78 is 0. The van der Waals surface area contributed by atoms with Crippen molar-refractivity contribution in [1.82, 2.24) is 0 Å². The van der Waals surface area contributed by atoms with Gasteiger partial charge in [-0.1, -0.05) is 56.0 Å². The van der Waals surface area contributed by atoms with Crippen molar-refractivity contribution in [3.63, 3.8) is 0 Å². The maximum absolute atomic E-state index is 12.8. The van der Waals surface area contributed by atoms with Gasteiger partial charge in [0.25, 0.3) is 0 Å². The maximum atomic E-state index is 12.8. The molecule has 3 atom stereocenters. The second-order valence-corrected chi connectivity index (χ2v) is 11.1. The molecule has 5 heteroatoms. The third-order valence-electron chi connectivity index (χ3n) is 8.92. The van der Waals surface area contributed by atoms with Crippen molar-refractivity contribution < 1.29 is 24.9 Å². The molecule has 3 aliphatic rings. The summed E-state index contributed by atoms with van der Waals surface area (Å²) in [5.74, 6) is -1.73. The van der Waals surface area contributed by atoms with Gasteiger partial charge in [-0.25, -0.2) is 0 Å². The minimum Gasteiger partial charge on any atom is -0.511 e. The van der Waals surface area contributed by atoms with Gasteiger partial charge in [-0.3, -0.25) is 9.59 Å². The largest absolute Gasteiger partial charge is 0.511 e. The van der Waals surface area contributed by atoms with Crippen molar-refractivity contribution in [2.75, 3.05) is 0 Å². The number of Topliss-reactive ketones (excluding diaryl/α,β-unsaturated/α-hetero) is 2. The van der Waals surface area contributed by atoms with E-state index < -0.39 is 11.2 Å². The SMILES string of the molecule is C=C(CC)Cc1ccc(-c2ccc(O)c3c2C[C@@H]2C[C@@H]4CC(=O)C(C(C)=O)=C(O)[C@]4(C)C(O)=C2C3=C)cc1. The molecule has 0 saturated carbocycles. The summed E-state index contributed by atoms with van der Waals surface area (Å²) >= 11 is 0. The van der Waals surface area contributed by atoms with Crippen molar-refractivity contribution in [2.45, 2.75) is 52.9 Å². The molecule has 2 aromatic carbocycles. The number of hydrogen-bond acceptors (Lipinski definition) is 5. The van der Waals surface area contributed by atoms with Crippen molar-refractivity contribution in [1.29, 1.82) is 0 Å². The van der Waals surface area contributed by atoms with Gasteiger partial charge in [0.2, 0.25) is 0 Å². The first-order valence-electron chi connectivity index (χ1n) is 13.2. The van der Waals surface area contributed by atoms with Gasteiger partial charge in [0.15, 0.2) is 11.6 Å². The Labute approximate surface area is 223 Å². The molecule has 0 bridgehead atoms. The van der Waals surface area contributed by atoms with Crippen LogP contribution in [0.25, 0.3) is 16.7 Å². The molecule has 0 fully saturated rings. The fraction of sp³-hybridized carbons (Fsp3) is 0.333. The Balaban J connectivity index is 1.62. The lowest BCUT2D eigenvalue weighted by Gasteiger charge is -2.48. The predicted octanol–water partition coefficient (Wildman–Crippen LogP) is 6.97. The number of benzene rings is 2. The summed E-state index contributed by atoms with van der Waals surface area (Å²) in [6.45, 7) is 13.4. The van der Waals surface area contributed by atoms with Crippen molar-refractivity contribution in [2.24, 2.45) is 17.3 Å². The fourth-order valence-electron chi connectivity index (χ4n) is 6.66. The van der Waals surface area contributed by atoms with E-state index in [0.29, 0.717) is 29.6 Å². The molecule has 0 aromatic heterocycles. The van der Waals surface area contributed by atoms with Crippen LogP contribution in [-0.4, -0.2) is 26.9 Å². The summed E-state index contributed by atoms with van der Waals surface area (Å²) in [5, 5.41) is 33.7. The molecule has 0 aliphatic heterocycles. The maximum Gasteiger partial charge on any atom is 0.170 e. The predicted molar refractivity (Wildman–Crippen MR) is 149 cm³/mol. The van der Waals surface area contributed by atoms with Gasteiger partial charge in [0, 0.05) is 17.6 Å². The van der Waals surface area contributed by atoms with Gasteiger partial charge in [0.1, 0.15) is 17.3 Å². The minimum absolute atomic E-state index is 0.0662. The van der Waals surface area contributed by atoms with E-state index in [2.05, 4.69) is 44.3 Å².